The largest absolute Gasteiger partial charge is 0.461 e. The maximum Gasteiger partial charge on any atom is 0.357 e. The highest BCUT2D eigenvalue weighted by molar-refractivity contribution is 5.89. The SMILES string of the molecule is CCOC(=O)c1nc(N2C[C@@H](C)O[C@@H](c3cnn(C4CC4)c3)C2)nc(C2CCCCC2)c1C1OCCO1. The Hall–Kier alpha value is -2.56. The summed E-state index contributed by atoms with van der Waals surface area (Å²) >= 11 is 0. The third-order valence-corrected chi connectivity index (χ3v) is 7.74. The van der Waals surface area contributed by atoms with Crippen LogP contribution in [-0.4, -0.2) is 64.7 Å². The average molecular weight is 512 g/mol. The summed E-state index contributed by atoms with van der Waals surface area (Å²) in [6.45, 7) is 6.32. The molecule has 0 N–H and O–H groups in total. The Morgan fingerprint density at radius 3 is 2.59 bits per heavy atom. The molecule has 6 rings (SSSR count). The van der Waals surface area contributed by atoms with E-state index >= 15 is 0 Å². The Morgan fingerprint density at radius 2 is 1.86 bits per heavy atom. The van der Waals surface area contributed by atoms with Gasteiger partial charge in [-0.05, 0) is 39.5 Å². The van der Waals surface area contributed by atoms with Crippen LogP contribution >= 0.6 is 0 Å². The molecular formula is C27H37N5O5. The number of anilines is 1. The van der Waals surface area contributed by atoms with E-state index in [4.69, 9.17) is 28.9 Å². The van der Waals surface area contributed by atoms with Crippen molar-refractivity contribution in [2.45, 2.75) is 89.3 Å². The Balaban J connectivity index is 1.38. The molecule has 0 aromatic carbocycles. The zero-order valence-electron chi connectivity index (χ0n) is 21.8. The molecule has 4 fully saturated rings. The molecule has 4 heterocycles. The lowest BCUT2D eigenvalue weighted by atomic mass is 9.84. The van der Waals surface area contributed by atoms with Crippen LogP contribution in [0.2, 0.25) is 0 Å². The van der Waals surface area contributed by atoms with Crippen LogP contribution in [0.3, 0.4) is 0 Å². The maximum atomic E-state index is 13.2. The van der Waals surface area contributed by atoms with Gasteiger partial charge < -0.3 is 23.8 Å². The minimum atomic E-state index is -0.644. The van der Waals surface area contributed by atoms with E-state index in [0.29, 0.717) is 43.9 Å². The lowest BCUT2D eigenvalue weighted by molar-refractivity contribution is -0.0466. The highest BCUT2D eigenvalue weighted by atomic mass is 16.7. The van der Waals surface area contributed by atoms with Crippen molar-refractivity contribution in [1.82, 2.24) is 19.7 Å². The molecule has 37 heavy (non-hydrogen) atoms. The fraction of sp³-hybridized carbons (Fsp3) is 0.704. The molecule has 2 saturated carbocycles. The number of nitrogens with zero attached hydrogens (tertiary/aromatic N) is 5. The third-order valence-electron chi connectivity index (χ3n) is 7.74. The van der Waals surface area contributed by atoms with Crippen LogP contribution in [0.4, 0.5) is 5.95 Å². The predicted octanol–water partition coefficient (Wildman–Crippen LogP) is 4.24. The van der Waals surface area contributed by atoms with E-state index in [1.807, 2.05) is 6.20 Å². The van der Waals surface area contributed by atoms with Gasteiger partial charge in [0.25, 0.3) is 0 Å². The zero-order valence-corrected chi connectivity index (χ0v) is 21.8. The second-order valence-corrected chi connectivity index (χ2v) is 10.6. The van der Waals surface area contributed by atoms with Gasteiger partial charge in [0.05, 0.1) is 56.0 Å². The van der Waals surface area contributed by atoms with Crippen LogP contribution in [0.25, 0.3) is 0 Å². The molecule has 2 atom stereocenters. The molecular weight excluding hydrogens is 474 g/mol. The molecule has 2 aromatic heterocycles. The van der Waals surface area contributed by atoms with Crippen LogP contribution in [-0.2, 0) is 18.9 Å². The summed E-state index contributed by atoms with van der Waals surface area (Å²) in [7, 11) is 0. The number of morpholine rings is 1. The van der Waals surface area contributed by atoms with E-state index < -0.39 is 12.3 Å². The molecule has 0 amide bonds. The van der Waals surface area contributed by atoms with Gasteiger partial charge in [-0.3, -0.25) is 4.68 Å². The molecule has 0 radical (unpaired) electrons. The summed E-state index contributed by atoms with van der Waals surface area (Å²) < 4.78 is 25.6. The standard InChI is InChI=1S/C27H37N5O5/c1-3-34-25(33)24-22(26-35-11-12-36-26)23(18-7-5-4-6-8-18)29-27(30-24)31-14-17(2)37-21(16-31)19-13-28-32(15-19)20-9-10-20/h13,15,17-18,20-21,26H,3-12,14,16H2,1-2H3/t17-,21-/m1/s1. The second-order valence-electron chi connectivity index (χ2n) is 10.6. The van der Waals surface area contributed by atoms with Gasteiger partial charge in [-0.2, -0.15) is 5.10 Å². The Bertz CT molecular complexity index is 1110. The van der Waals surface area contributed by atoms with Crippen molar-refractivity contribution in [3.05, 3.63) is 34.9 Å². The molecule has 10 nitrogen and oxygen atoms in total. The highest BCUT2D eigenvalue weighted by Crippen LogP contribution is 2.40. The second kappa shape index (κ2) is 10.7. The van der Waals surface area contributed by atoms with Crippen molar-refractivity contribution in [1.29, 1.82) is 0 Å². The molecule has 0 unspecified atom stereocenters. The Morgan fingerprint density at radius 1 is 1.08 bits per heavy atom. The van der Waals surface area contributed by atoms with Gasteiger partial charge in [0.15, 0.2) is 12.0 Å². The molecule has 2 aliphatic heterocycles. The monoisotopic (exact) mass is 511 g/mol. The van der Waals surface area contributed by atoms with Gasteiger partial charge in [-0.25, -0.2) is 14.8 Å². The number of rotatable bonds is 7. The first-order valence-electron chi connectivity index (χ1n) is 13.9. The quantitative estimate of drug-likeness (QED) is 0.505. The summed E-state index contributed by atoms with van der Waals surface area (Å²) in [5, 5.41) is 4.56. The molecule has 0 spiro atoms. The van der Waals surface area contributed by atoms with E-state index in [1.165, 1.54) is 19.3 Å². The van der Waals surface area contributed by atoms with Crippen molar-refractivity contribution >= 4 is 11.9 Å². The van der Waals surface area contributed by atoms with Crippen molar-refractivity contribution < 1.29 is 23.7 Å². The molecule has 2 aromatic rings. The summed E-state index contributed by atoms with van der Waals surface area (Å²) in [4.78, 5) is 25.3. The molecule has 2 saturated heterocycles. The molecule has 0 bridgehead atoms. The van der Waals surface area contributed by atoms with E-state index in [0.717, 1.165) is 36.9 Å². The number of carbonyl (C=O) groups excluding carboxylic acids is 1. The van der Waals surface area contributed by atoms with Crippen molar-refractivity contribution in [3.8, 4) is 0 Å². The minimum absolute atomic E-state index is 0.0306. The topological polar surface area (TPSA) is 101 Å². The summed E-state index contributed by atoms with van der Waals surface area (Å²) in [6.07, 6.45) is 11.1. The lowest BCUT2D eigenvalue weighted by Crippen LogP contribution is -2.44. The first kappa shape index (κ1) is 24.8. The van der Waals surface area contributed by atoms with E-state index in [-0.39, 0.29) is 30.4 Å². The first-order valence-corrected chi connectivity index (χ1v) is 13.9. The van der Waals surface area contributed by atoms with Crippen molar-refractivity contribution in [2.24, 2.45) is 0 Å². The smallest absolute Gasteiger partial charge is 0.357 e. The summed E-state index contributed by atoms with van der Waals surface area (Å²) in [6, 6.07) is 0.520. The van der Waals surface area contributed by atoms with Gasteiger partial charge in [0.2, 0.25) is 5.95 Å². The highest BCUT2D eigenvalue weighted by Gasteiger charge is 2.37. The fourth-order valence-corrected chi connectivity index (χ4v) is 5.77. The van der Waals surface area contributed by atoms with Gasteiger partial charge in [0.1, 0.15) is 6.10 Å². The molecule has 10 heteroatoms. The zero-order chi connectivity index (χ0) is 25.4. The number of aromatic nitrogens is 4. The van der Waals surface area contributed by atoms with Gasteiger partial charge in [0, 0.05) is 24.2 Å². The van der Waals surface area contributed by atoms with Crippen LogP contribution in [0.1, 0.15) is 110 Å². The van der Waals surface area contributed by atoms with Crippen LogP contribution in [0.5, 0.6) is 0 Å². The van der Waals surface area contributed by atoms with Gasteiger partial charge in [-0.1, -0.05) is 19.3 Å². The normalized spacial score (nSPS) is 25.5. The van der Waals surface area contributed by atoms with Gasteiger partial charge in [-0.15, -0.1) is 0 Å². The maximum absolute atomic E-state index is 13.2. The number of ether oxygens (including phenoxy) is 4. The van der Waals surface area contributed by atoms with Crippen molar-refractivity contribution in [3.63, 3.8) is 0 Å². The molecule has 200 valence electrons. The van der Waals surface area contributed by atoms with Crippen LogP contribution in [0.15, 0.2) is 12.4 Å². The number of carbonyl (C=O) groups is 1. The van der Waals surface area contributed by atoms with E-state index in [2.05, 4.69) is 27.8 Å². The summed E-state index contributed by atoms with van der Waals surface area (Å²) in [5.41, 5.74) is 2.84. The summed E-state index contributed by atoms with van der Waals surface area (Å²) in [5.74, 6) is 0.318. The Kier molecular flexibility index (Phi) is 7.14. The minimum Gasteiger partial charge on any atom is -0.461 e. The fourth-order valence-electron chi connectivity index (χ4n) is 5.77. The Labute approximate surface area is 217 Å². The number of hydrogen-bond acceptors (Lipinski definition) is 9. The average Bonchev–Trinajstić information content (AvgIpc) is 3.40. The lowest BCUT2D eigenvalue weighted by Gasteiger charge is -2.37. The van der Waals surface area contributed by atoms with Gasteiger partial charge >= 0.3 is 5.97 Å². The molecule has 4 aliphatic rings. The molecule has 2 aliphatic carbocycles. The van der Waals surface area contributed by atoms with Crippen molar-refractivity contribution in [2.75, 3.05) is 37.8 Å². The predicted molar refractivity (Wildman–Crippen MR) is 134 cm³/mol. The number of hydrogen-bond donors (Lipinski definition) is 0. The third kappa shape index (κ3) is 5.24. The first-order chi connectivity index (χ1) is 18.1. The van der Waals surface area contributed by atoms with Crippen LogP contribution < -0.4 is 4.90 Å². The van der Waals surface area contributed by atoms with Crippen LogP contribution in [0, 0.1) is 0 Å². The van der Waals surface area contributed by atoms with E-state index in [9.17, 15) is 4.79 Å². The van der Waals surface area contributed by atoms with E-state index in [1.54, 1.807) is 6.92 Å². The number of esters is 1.